The topological polar surface area (TPSA) is 25.8 Å². The average Bonchev–Trinajstić information content (AvgIpc) is 4.05. The monoisotopic (exact) mass is 844 g/mol. The Morgan fingerprint density at radius 1 is 0.317 bits per heavy atom. The van der Waals surface area contributed by atoms with Crippen LogP contribution in [0.4, 0.5) is 0 Å². The van der Waals surface area contributed by atoms with Gasteiger partial charge in [-0.1, -0.05) is 84.9 Å². The normalized spacial score (nSPS) is 11.8. The maximum absolute atomic E-state index is 5.10. The van der Waals surface area contributed by atoms with Crippen molar-refractivity contribution in [2.24, 2.45) is 0 Å². The second-order valence-corrected chi connectivity index (χ2v) is 20.4. The molecule has 0 unspecified atom stereocenters. The minimum absolute atomic E-state index is 1.07. The SMILES string of the molecule is Cc1nc(-c2cc(C)c3sc4c(C)cc(-c5ccccc5-c5cc(C)c6sc7c(C)cc(-c8nc(C)sc8-c8ccccc8)cc7c6c5)cc4c3c2)c(-c2ccccc2)s1. The highest BCUT2D eigenvalue weighted by Crippen LogP contribution is 2.47. The van der Waals surface area contributed by atoms with Crippen molar-refractivity contribution in [3.63, 3.8) is 0 Å². The Kier molecular flexibility index (Phi) is 8.98. The first-order valence-corrected chi connectivity index (χ1v) is 23.6. The van der Waals surface area contributed by atoms with E-state index in [0.29, 0.717) is 0 Å². The van der Waals surface area contributed by atoms with Gasteiger partial charge in [-0.05, 0) is 146 Å². The van der Waals surface area contributed by atoms with Gasteiger partial charge in [-0.3, -0.25) is 0 Å². The molecule has 0 N–H and O–H groups in total. The smallest absolute Gasteiger partial charge is 0.0908 e. The van der Waals surface area contributed by atoms with Crippen molar-refractivity contribution in [1.29, 1.82) is 0 Å². The van der Waals surface area contributed by atoms with Crippen molar-refractivity contribution < 1.29 is 0 Å². The second-order valence-electron chi connectivity index (χ2n) is 16.0. The predicted octanol–water partition coefficient (Wildman–Crippen LogP) is 17.2. The molecule has 0 saturated heterocycles. The van der Waals surface area contributed by atoms with E-state index in [0.717, 1.165) is 21.4 Å². The van der Waals surface area contributed by atoms with Crippen molar-refractivity contribution >= 4 is 85.7 Å². The lowest BCUT2D eigenvalue weighted by Gasteiger charge is -2.13. The molecule has 2 nitrogen and oxygen atoms in total. The summed E-state index contributed by atoms with van der Waals surface area (Å²) in [6.45, 7) is 13.3. The van der Waals surface area contributed by atoms with Gasteiger partial charge in [-0.2, -0.15) is 0 Å². The quantitative estimate of drug-likeness (QED) is 0.167. The van der Waals surface area contributed by atoms with Crippen LogP contribution >= 0.6 is 45.3 Å². The third kappa shape index (κ3) is 6.16. The number of benzene rings is 7. The molecule has 11 rings (SSSR count). The molecule has 0 aliphatic carbocycles. The van der Waals surface area contributed by atoms with Crippen LogP contribution < -0.4 is 0 Å². The summed E-state index contributed by atoms with van der Waals surface area (Å²) in [5, 5.41) is 7.38. The molecule has 4 aromatic heterocycles. The number of fused-ring (bicyclic) bond motifs is 6. The zero-order valence-electron chi connectivity index (χ0n) is 34.2. The van der Waals surface area contributed by atoms with Crippen LogP contribution in [0.5, 0.6) is 0 Å². The van der Waals surface area contributed by atoms with E-state index in [4.69, 9.17) is 9.97 Å². The van der Waals surface area contributed by atoms with Gasteiger partial charge >= 0.3 is 0 Å². The van der Waals surface area contributed by atoms with Gasteiger partial charge in [-0.15, -0.1) is 45.3 Å². The van der Waals surface area contributed by atoms with Gasteiger partial charge in [0.2, 0.25) is 0 Å². The van der Waals surface area contributed by atoms with Crippen LogP contribution in [0.2, 0.25) is 0 Å². The lowest BCUT2D eigenvalue weighted by molar-refractivity contribution is 1.30. The summed E-state index contributed by atoms with van der Waals surface area (Å²) < 4.78 is 5.39. The Labute approximate surface area is 366 Å². The highest BCUT2D eigenvalue weighted by Gasteiger charge is 2.21. The summed E-state index contributed by atoms with van der Waals surface area (Å²) in [5.41, 5.74) is 17.1. The molecule has 0 fully saturated rings. The minimum atomic E-state index is 1.07. The van der Waals surface area contributed by atoms with E-state index < -0.39 is 0 Å². The number of aromatic nitrogens is 2. The highest BCUT2D eigenvalue weighted by atomic mass is 32.1. The van der Waals surface area contributed by atoms with Crippen molar-refractivity contribution in [1.82, 2.24) is 9.97 Å². The first-order valence-electron chi connectivity index (χ1n) is 20.3. The Bertz CT molecular complexity index is 3260. The van der Waals surface area contributed by atoms with E-state index in [-0.39, 0.29) is 0 Å². The summed E-state index contributed by atoms with van der Waals surface area (Å²) in [6.07, 6.45) is 0. The molecule has 7 aromatic carbocycles. The molecule has 0 radical (unpaired) electrons. The van der Waals surface area contributed by atoms with Crippen LogP contribution in [0.3, 0.4) is 0 Å². The molecule has 4 heterocycles. The highest BCUT2D eigenvalue weighted by molar-refractivity contribution is 7.26. The lowest BCUT2D eigenvalue weighted by atomic mass is 9.91. The molecule has 6 heteroatoms. The maximum Gasteiger partial charge on any atom is 0.0908 e. The molecule has 0 saturated carbocycles. The Morgan fingerprint density at radius 3 is 1.00 bits per heavy atom. The molecule has 0 spiro atoms. The first kappa shape index (κ1) is 37.3. The third-order valence-electron chi connectivity index (χ3n) is 11.7. The lowest BCUT2D eigenvalue weighted by Crippen LogP contribution is -1.88. The van der Waals surface area contributed by atoms with Gasteiger partial charge in [0.25, 0.3) is 0 Å². The van der Waals surface area contributed by atoms with Gasteiger partial charge in [-0.25, -0.2) is 9.97 Å². The molecular formula is C54H40N2S4. The Morgan fingerprint density at radius 2 is 0.633 bits per heavy atom. The van der Waals surface area contributed by atoms with Crippen LogP contribution in [0.25, 0.3) is 106 Å². The van der Waals surface area contributed by atoms with Crippen molar-refractivity contribution in [3.8, 4) is 65.6 Å². The van der Waals surface area contributed by atoms with Crippen molar-refractivity contribution in [3.05, 3.63) is 166 Å². The summed E-state index contributed by atoms with van der Waals surface area (Å²) >= 11 is 7.38. The Balaban J connectivity index is 1.06. The summed E-state index contributed by atoms with van der Waals surface area (Å²) in [5.74, 6) is 0. The zero-order chi connectivity index (χ0) is 40.8. The number of rotatable bonds is 6. The van der Waals surface area contributed by atoms with Crippen LogP contribution in [-0.2, 0) is 0 Å². The van der Waals surface area contributed by atoms with Crippen LogP contribution in [-0.4, -0.2) is 9.97 Å². The van der Waals surface area contributed by atoms with Gasteiger partial charge in [0, 0.05) is 51.5 Å². The van der Waals surface area contributed by atoms with Gasteiger partial charge in [0.1, 0.15) is 0 Å². The fourth-order valence-electron chi connectivity index (χ4n) is 9.03. The van der Waals surface area contributed by atoms with E-state index in [1.54, 1.807) is 22.7 Å². The molecule has 0 atom stereocenters. The standard InChI is InChI=1S/C54H40N2S4/c1-29-21-37(25-43-45-27-39(23-31(3)51(45)59-49(29)43)47-53(57-33(5)55-47)35-15-9-7-10-16-35)41-19-13-14-20-42(41)38-22-30(2)50-44(26-38)46-28-40(24-32(4)52(46)60-50)48-54(58-34(6)56-48)36-17-11-8-12-18-36/h7-28H,1-6H3. The summed E-state index contributed by atoms with van der Waals surface area (Å²) in [6, 6.07) is 49.5. The molecule has 290 valence electrons. The molecular weight excluding hydrogens is 805 g/mol. The van der Waals surface area contributed by atoms with Gasteiger partial charge in [0.05, 0.1) is 31.2 Å². The largest absolute Gasteiger partial charge is 0.241 e. The van der Waals surface area contributed by atoms with E-state index in [9.17, 15) is 0 Å². The fourth-order valence-corrected chi connectivity index (χ4v) is 13.3. The number of hydrogen-bond donors (Lipinski definition) is 0. The zero-order valence-corrected chi connectivity index (χ0v) is 37.5. The fraction of sp³-hybridized carbons (Fsp3) is 0.111. The van der Waals surface area contributed by atoms with Gasteiger partial charge in [0.15, 0.2) is 0 Å². The van der Waals surface area contributed by atoms with Crippen LogP contribution in [0.15, 0.2) is 133 Å². The number of nitrogens with zero attached hydrogens (tertiary/aromatic N) is 2. The number of thiophene rings is 2. The van der Waals surface area contributed by atoms with E-state index in [2.05, 4.69) is 175 Å². The predicted molar refractivity (Wildman–Crippen MR) is 265 cm³/mol. The molecule has 0 aliphatic rings. The third-order valence-corrected chi connectivity index (χ3v) is 16.7. The maximum atomic E-state index is 5.10. The molecule has 0 aliphatic heterocycles. The van der Waals surface area contributed by atoms with Crippen molar-refractivity contribution in [2.45, 2.75) is 41.5 Å². The van der Waals surface area contributed by atoms with Crippen molar-refractivity contribution in [2.75, 3.05) is 0 Å². The Hall–Kier alpha value is -5.76. The molecule has 60 heavy (non-hydrogen) atoms. The van der Waals surface area contributed by atoms with E-state index in [1.165, 1.54) is 117 Å². The van der Waals surface area contributed by atoms with Gasteiger partial charge < -0.3 is 0 Å². The molecule has 0 amide bonds. The van der Waals surface area contributed by atoms with Crippen LogP contribution in [0.1, 0.15) is 32.3 Å². The average molecular weight is 845 g/mol. The second kappa shape index (κ2) is 14.5. The number of thiazole rings is 2. The van der Waals surface area contributed by atoms with Crippen LogP contribution in [0, 0.1) is 41.5 Å². The summed E-state index contributed by atoms with van der Waals surface area (Å²) in [7, 11) is 0. The molecule has 0 bridgehead atoms. The van der Waals surface area contributed by atoms with E-state index >= 15 is 0 Å². The molecule has 11 aromatic rings. The van der Waals surface area contributed by atoms with E-state index in [1.807, 2.05) is 22.7 Å². The minimum Gasteiger partial charge on any atom is -0.241 e. The first-order chi connectivity index (χ1) is 29.2. The summed E-state index contributed by atoms with van der Waals surface area (Å²) in [4.78, 5) is 12.7. The number of aryl methyl sites for hydroxylation is 6. The number of hydrogen-bond acceptors (Lipinski definition) is 6.